The van der Waals surface area contributed by atoms with Gasteiger partial charge in [-0.3, -0.25) is 4.79 Å². The molecule has 0 aliphatic rings. The van der Waals surface area contributed by atoms with E-state index >= 15 is 0 Å². The topological polar surface area (TPSA) is 91.1 Å². The summed E-state index contributed by atoms with van der Waals surface area (Å²) in [5.41, 5.74) is 3.27. The van der Waals surface area contributed by atoms with Gasteiger partial charge in [0.2, 0.25) is 5.91 Å². The van der Waals surface area contributed by atoms with Gasteiger partial charge in [-0.1, -0.05) is 35.3 Å². The Balaban J connectivity index is 2.04. The fourth-order valence-electron chi connectivity index (χ4n) is 1.81. The molecule has 2 N–H and O–H groups in total. The number of phenolic OH excluding ortho intramolecular Hbond substituents is 1. The minimum Gasteiger partial charge on any atom is -0.508 e. The first-order valence-corrected chi connectivity index (χ1v) is 7.18. The van der Waals surface area contributed by atoms with Crippen molar-refractivity contribution in [3.8, 4) is 5.75 Å². The van der Waals surface area contributed by atoms with Crippen molar-refractivity contribution in [1.29, 1.82) is 0 Å². The van der Waals surface area contributed by atoms with E-state index in [1.165, 1.54) is 30.5 Å². The van der Waals surface area contributed by atoms with E-state index in [2.05, 4.69) is 15.7 Å². The number of rotatable bonds is 5. The van der Waals surface area contributed by atoms with Crippen LogP contribution in [0.1, 0.15) is 11.1 Å². The minimum absolute atomic E-state index is 0.0311. The molecule has 8 heteroatoms. The summed E-state index contributed by atoms with van der Waals surface area (Å²) >= 11 is 11.9. The Labute approximate surface area is 141 Å². The molecule has 0 aliphatic heterocycles. The van der Waals surface area contributed by atoms with E-state index in [1.54, 1.807) is 12.1 Å². The van der Waals surface area contributed by atoms with E-state index < -0.39 is 0 Å². The van der Waals surface area contributed by atoms with Crippen molar-refractivity contribution in [3.63, 3.8) is 0 Å². The fraction of sp³-hybridized carbons (Fsp3) is 0.0667. The van der Waals surface area contributed by atoms with E-state index in [0.717, 1.165) is 0 Å². The van der Waals surface area contributed by atoms with E-state index in [0.29, 0.717) is 5.56 Å². The minimum atomic E-state index is -0.385. The lowest BCUT2D eigenvalue weighted by molar-refractivity contribution is -0.120. The molecule has 0 radical (unpaired) electrons. The number of nitrogens with one attached hydrogen (secondary N) is 1. The van der Waals surface area contributed by atoms with Crippen LogP contribution in [-0.4, -0.2) is 17.2 Å². The zero-order valence-electron chi connectivity index (χ0n) is 11.7. The van der Waals surface area contributed by atoms with Crippen LogP contribution in [-0.2, 0) is 11.2 Å². The second-order valence-electron chi connectivity index (χ2n) is 4.53. The largest absolute Gasteiger partial charge is 0.508 e. The van der Waals surface area contributed by atoms with E-state index in [4.69, 9.17) is 23.2 Å². The van der Waals surface area contributed by atoms with E-state index in [-0.39, 0.29) is 39.4 Å². The molecule has 0 bridgehead atoms. The first-order chi connectivity index (χ1) is 11.0. The lowest BCUT2D eigenvalue weighted by atomic mass is 10.1. The smallest absolute Gasteiger partial charge is 0.244 e. The maximum Gasteiger partial charge on any atom is 0.244 e. The van der Waals surface area contributed by atoms with Crippen molar-refractivity contribution in [1.82, 2.24) is 5.43 Å². The molecule has 0 heterocycles. The van der Waals surface area contributed by atoms with Gasteiger partial charge in [0, 0.05) is 5.56 Å². The number of nitroso groups, excluding NO2 is 1. The number of aromatic hydroxyl groups is 1. The highest BCUT2D eigenvalue weighted by molar-refractivity contribution is 6.40. The third kappa shape index (κ3) is 4.51. The molecule has 1 amide bonds. The van der Waals surface area contributed by atoms with Crippen LogP contribution >= 0.6 is 23.2 Å². The second kappa shape index (κ2) is 7.71. The van der Waals surface area contributed by atoms with E-state index in [1.807, 2.05) is 0 Å². The normalized spacial score (nSPS) is 10.7. The first kappa shape index (κ1) is 16.9. The summed E-state index contributed by atoms with van der Waals surface area (Å²) in [6.07, 6.45) is 1.28. The molecule has 0 saturated heterocycles. The van der Waals surface area contributed by atoms with Crippen LogP contribution in [0.5, 0.6) is 5.75 Å². The van der Waals surface area contributed by atoms with Crippen molar-refractivity contribution in [2.24, 2.45) is 10.3 Å². The van der Waals surface area contributed by atoms with Crippen LogP contribution in [0.15, 0.2) is 46.7 Å². The quantitative estimate of drug-likeness (QED) is 0.487. The van der Waals surface area contributed by atoms with Crippen LogP contribution in [0.25, 0.3) is 0 Å². The van der Waals surface area contributed by atoms with Gasteiger partial charge in [-0.25, -0.2) is 5.43 Å². The number of phenols is 1. The van der Waals surface area contributed by atoms with Gasteiger partial charge >= 0.3 is 0 Å². The van der Waals surface area contributed by atoms with Gasteiger partial charge in [-0.05, 0) is 35.0 Å². The number of hydrogen-bond donors (Lipinski definition) is 2. The molecular formula is C15H11Cl2N3O3. The number of carbonyl (C=O) groups is 1. The third-order valence-electron chi connectivity index (χ3n) is 2.86. The van der Waals surface area contributed by atoms with Gasteiger partial charge in [0.25, 0.3) is 0 Å². The first-order valence-electron chi connectivity index (χ1n) is 6.42. The molecule has 0 aliphatic carbocycles. The van der Waals surface area contributed by atoms with E-state index in [9.17, 15) is 14.8 Å². The Kier molecular flexibility index (Phi) is 5.67. The molecule has 2 aromatic carbocycles. The van der Waals surface area contributed by atoms with Gasteiger partial charge < -0.3 is 5.11 Å². The number of benzene rings is 2. The fourth-order valence-corrected chi connectivity index (χ4v) is 2.31. The predicted octanol–water partition coefficient (Wildman–Crippen LogP) is 3.79. The summed E-state index contributed by atoms with van der Waals surface area (Å²) in [6, 6.07) is 9.18. The number of carbonyl (C=O) groups excluding carboxylic acids is 1. The molecule has 0 fully saturated rings. The highest BCUT2D eigenvalue weighted by Gasteiger charge is 2.10. The molecule has 0 spiro atoms. The molecular weight excluding hydrogens is 341 g/mol. The number of hydrazone groups is 1. The molecule has 23 heavy (non-hydrogen) atoms. The monoisotopic (exact) mass is 351 g/mol. The summed E-state index contributed by atoms with van der Waals surface area (Å²) < 4.78 is 0. The van der Waals surface area contributed by atoms with Crippen molar-refractivity contribution in [3.05, 3.63) is 62.5 Å². The summed E-state index contributed by atoms with van der Waals surface area (Å²) in [5, 5.41) is 16.2. The molecule has 0 unspecified atom stereocenters. The SMILES string of the molecule is O=Nc1ccc(Cl)c(/C=N/NC(=O)Cc2cccc(O)c2)c1Cl. The number of nitrogens with zero attached hydrogens (tertiary/aromatic N) is 2. The highest BCUT2D eigenvalue weighted by atomic mass is 35.5. The van der Waals surface area contributed by atoms with Crippen LogP contribution in [0.4, 0.5) is 5.69 Å². The highest BCUT2D eigenvalue weighted by Crippen LogP contribution is 2.32. The third-order valence-corrected chi connectivity index (χ3v) is 3.59. The van der Waals surface area contributed by atoms with Crippen molar-refractivity contribution < 1.29 is 9.90 Å². The van der Waals surface area contributed by atoms with Gasteiger partial charge in [0.15, 0.2) is 0 Å². The van der Waals surface area contributed by atoms with Gasteiger partial charge in [0.1, 0.15) is 11.4 Å². The maximum absolute atomic E-state index is 11.8. The summed E-state index contributed by atoms with van der Waals surface area (Å²) in [7, 11) is 0. The van der Waals surface area contributed by atoms with Gasteiger partial charge in [-0.15, -0.1) is 4.91 Å². The molecule has 0 atom stereocenters. The van der Waals surface area contributed by atoms with Crippen LogP contribution in [0.3, 0.4) is 0 Å². The Hall–Kier alpha value is -2.44. The van der Waals surface area contributed by atoms with Crippen molar-refractivity contribution >= 4 is 41.0 Å². The Morgan fingerprint density at radius 2 is 2.04 bits per heavy atom. The molecule has 118 valence electrons. The lowest BCUT2D eigenvalue weighted by Crippen LogP contribution is -2.19. The molecule has 2 aromatic rings. The van der Waals surface area contributed by atoms with Crippen LogP contribution < -0.4 is 5.43 Å². The molecule has 0 aromatic heterocycles. The zero-order valence-corrected chi connectivity index (χ0v) is 13.2. The number of hydrogen-bond acceptors (Lipinski definition) is 5. The Bertz CT molecular complexity index is 779. The molecule has 0 saturated carbocycles. The summed E-state index contributed by atoms with van der Waals surface area (Å²) in [6.45, 7) is 0. The maximum atomic E-state index is 11.8. The second-order valence-corrected chi connectivity index (χ2v) is 5.31. The van der Waals surface area contributed by atoms with Crippen LogP contribution in [0, 0.1) is 4.91 Å². The Morgan fingerprint density at radius 1 is 1.26 bits per heavy atom. The average Bonchev–Trinajstić information content (AvgIpc) is 2.50. The van der Waals surface area contributed by atoms with Crippen molar-refractivity contribution in [2.45, 2.75) is 6.42 Å². The number of halogens is 2. The van der Waals surface area contributed by atoms with Gasteiger partial charge in [-0.2, -0.15) is 5.10 Å². The van der Waals surface area contributed by atoms with Crippen LogP contribution in [0.2, 0.25) is 10.0 Å². The summed E-state index contributed by atoms with van der Waals surface area (Å²) in [4.78, 5) is 22.4. The molecule has 6 nitrogen and oxygen atoms in total. The molecule has 2 rings (SSSR count). The van der Waals surface area contributed by atoms with Crippen molar-refractivity contribution in [2.75, 3.05) is 0 Å². The average molecular weight is 352 g/mol. The summed E-state index contributed by atoms with van der Waals surface area (Å²) in [5.74, 6) is -0.306. The zero-order chi connectivity index (χ0) is 16.8. The lowest BCUT2D eigenvalue weighted by Gasteiger charge is -2.04. The van der Waals surface area contributed by atoms with Gasteiger partial charge in [0.05, 0.1) is 22.7 Å². The Morgan fingerprint density at radius 3 is 2.74 bits per heavy atom. The predicted molar refractivity (Wildman–Crippen MR) is 89.5 cm³/mol. The number of amides is 1. The standard InChI is InChI=1S/C15H11Cl2N3O3/c16-12-4-5-13(20-23)15(17)11(12)8-18-19-14(22)7-9-2-1-3-10(21)6-9/h1-6,8,21H,7H2,(H,19,22)/b18-8+.